The Hall–Kier alpha value is -1.67. The maximum absolute atomic E-state index is 13.6. The summed E-state index contributed by atoms with van der Waals surface area (Å²) in [7, 11) is 0. The summed E-state index contributed by atoms with van der Waals surface area (Å²) in [6.07, 6.45) is 0.388. The van der Waals surface area contributed by atoms with Crippen LogP contribution in [0.2, 0.25) is 5.02 Å². The molecule has 0 radical (unpaired) electrons. The second kappa shape index (κ2) is 6.19. The highest BCUT2D eigenvalue weighted by Crippen LogP contribution is 2.17. The van der Waals surface area contributed by atoms with Crippen LogP contribution in [0.25, 0.3) is 0 Å². The van der Waals surface area contributed by atoms with Crippen molar-refractivity contribution in [2.24, 2.45) is 0 Å². The van der Waals surface area contributed by atoms with Crippen molar-refractivity contribution in [1.29, 1.82) is 0 Å². The zero-order valence-corrected chi connectivity index (χ0v) is 12.3. The van der Waals surface area contributed by atoms with Crippen LogP contribution in [0.1, 0.15) is 22.3 Å². The number of halogens is 2. The van der Waals surface area contributed by atoms with Crippen LogP contribution >= 0.6 is 11.6 Å². The van der Waals surface area contributed by atoms with E-state index in [1.807, 2.05) is 32.0 Å². The molecule has 0 bridgehead atoms. The lowest BCUT2D eigenvalue weighted by molar-refractivity contribution is -0.117. The van der Waals surface area contributed by atoms with Gasteiger partial charge in [-0.2, -0.15) is 0 Å². The zero-order valence-electron chi connectivity index (χ0n) is 11.5. The van der Waals surface area contributed by atoms with Crippen molar-refractivity contribution < 1.29 is 9.18 Å². The highest BCUT2D eigenvalue weighted by atomic mass is 35.5. The monoisotopic (exact) mass is 290 g/mol. The first-order valence-electron chi connectivity index (χ1n) is 6.47. The number of carbonyl (C=O) groups is 1. The van der Waals surface area contributed by atoms with Crippen LogP contribution in [0.5, 0.6) is 0 Å². The molecule has 0 saturated heterocycles. The fourth-order valence-electron chi connectivity index (χ4n) is 2.16. The summed E-state index contributed by atoms with van der Waals surface area (Å²) >= 11 is 5.83. The molecule has 0 amide bonds. The molecule has 0 unspecified atom stereocenters. The molecule has 2 aromatic carbocycles. The molecular formula is C17H16ClFO. The molecule has 104 valence electrons. The van der Waals surface area contributed by atoms with Crippen molar-refractivity contribution in [1.82, 2.24) is 0 Å². The zero-order chi connectivity index (χ0) is 14.7. The number of benzene rings is 2. The fraction of sp³-hybridized carbons (Fsp3) is 0.235. The first kappa shape index (κ1) is 14.7. The molecule has 0 aliphatic heterocycles. The largest absolute Gasteiger partial charge is 0.299 e. The summed E-state index contributed by atoms with van der Waals surface area (Å²) in [4.78, 5) is 12.1. The second-order valence-electron chi connectivity index (χ2n) is 5.06. The molecule has 0 aliphatic rings. The van der Waals surface area contributed by atoms with E-state index in [0.29, 0.717) is 17.0 Å². The molecule has 0 spiro atoms. The standard InChI is InChI=1S/C17H16ClFO/c1-11-3-4-12(2)13(7-11)9-16(20)10-14-8-15(18)5-6-17(14)19/h3-8H,9-10H2,1-2H3. The first-order chi connectivity index (χ1) is 9.45. The SMILES string of the molecule is Cc1ccc(C)c(CC(=O)Cc2cc(Cl)ccc2F)c1. The molecule has 3 heteroatoms. The third kappa shape index (κ3) is 3.67. The number of hydrogen-bond acceptors (Lipinski definition) is 1. The molecule has 0 aromatic heterocycles. The van der Waals surface area contributed by atoms with Gasteiger partial charge in [-0.3, -0.25) is 4.79 Å². The topological polar surface area (TPSA) is 17.1 Å². The van der Waals surface area contributed by atoms with Crippen LogP contribution in [0.4, 0.5) is 4.39 Å². The Balaban J connectivity index is 2.13. The maximum atomic E-state index is 13.6. The van der Waals surface area contributed by atoms with Crippen molar-refractivity contribution in [2.45, 2.75) is 26.7 Å². The molecule has 20 heavy (non-hydrogen) atoms. The van der Waals surface area contributed by atoms with Gasteiger partial charge in [-0.05, 0) is 48.7 Å². The van der Waals surface area contributed by atoms with Gasteiger partial charge in [0, 0.05) is 17.9 Å². The van der Waals surface area contributed by atoms with Gasteiger partial charge >= 0.3 is 0 Å². The minimum absolute atomic E-state index is 0.0140. The lowest BCUT2D eigenvalue weighted by Gasteiger charge is -2.07. The van der Waals surface area contributed by atoms with Gasteiger partial charge < -0.3 is 0 Å². The second-order valence-corrected chi connectivity index (χ2v) is 5.49. The summed E-state index contributed by atoms with van der Waals surface area (Å²) in [5.41, 5.74) is 3.55. The van der Waals surface area contributed by atoms with Crippen molar-refractivity contribution in [3.63, 3.8) is 0 Å². The minimum atomic E-state index is -0.385. The van der Waals surface area contributed by atoms with Gasteiger partial charge in [-0.15, -0.1) is 0 Å². The third-order valence-electron chi connectivity index (χ3n) is 3.29. The Bertz CT molecular complexity index is 594. The van der Waals surface area contributed by atoms with E-state index in [-0.39, 0.29) is 18.0 Å². The van der Waals surface area contributed by atoms with Gasteiger partial charge in [0.2, 0.25) is 0 Å². The van der Waals surface area contributed by atoms with Crippen LogP contribution in [0.3, 0.4) is 0 Å². The Morgan fingerprint density at radius 2 is 1.75 bits per heavy atom. The third-order valence-corrected chi connectivity index (χ3v) is 3.52. The molecule has 0 saturated carbocycles. The highest BCUT2D eigenvalue weighted by Gasteiger charge is 2.11. The van der Waals surface area contributed by atoms with E-state index in [9.17, 15) is 9.18 Å². The molecule has 1 nitrogen and oxygen atoms in total. The molecular weight excluding hydrogens is 275 g/mol. The lowest BCUT2D eigenvalue weighted by atomic mass is 9.98. The van der Waals surface area contributed by atoms with Gasteiger partial charge in [-0.1, -0.05) is 35.4 Å². The highest BCUT2D eigenvalue weighted by molar-refractivity contribution is 6.30. The van der Waals surface area contributed by atoms with Gasteiger partial charge in [0.1, 0.15) is 11.6 Å². The summed E-state index contributed by atoms with van der Waals surface area (Å²) < 4.78 is 13.6. The number of carbonyl (C=O) groups excluding carboxylic acids is 1. The van der Waals surface area contributed by atoms with Crippen LogP contribution in [-0.2, 0) is 17.6 Å². The molecule has 0 aliphatic carbocycles. The predicted molar refractivity (Wildman–Crippen MR) is 79.7 cm³/mol. The minimum Gasteiger partial charge on any atom is -0.299 e. The van der Waals surface area contributed by atoms with Crippen molar-refractivity contribution in [3.05, 3.63) is 69.5 Å². The van der Waals surface area contributed by atoms with E-state index in [1.54, 1.807) is 0 Å². The summed E-state index contributed by atoms with van der Waals surface area (Å²) in [6, 6.07) is 10.3. The van der Waals surface area contributed by atoms with Crippen molar-refractivity contribution >= 4 is 17.4 Å². The van der Waals surface area contributed by atoms with E-state index in [4.69, 9.17) is 11.6 Å². The smallest absolute Gasteiger partial charge is 0.141 e. The van der Waals surface area contributed by atoms with Gasteiger partial charge in [0.15, 0.2) is 0 Å². The summed E-state index contributed by atoms with van der Waals surface area (Å²) in [5.74, 6) is -0.399. The Kier molecular flexibility index (Phi) is 4.56. The predicted octanol–water partition coefficient (Wildman–Crippen LogP) is 4.45. The van der Waals surface area contributed by atoms with E-state index < -0.39 is 0 Å². The maximum Gasteiger partial charge on any atom is 0.141 e. The molecule has 2 aromatic rings. The van der Waals surface area contributed by atoms with E-state index in [0.717, 1.165) is 16.7 Å². The average molecular weight is 291 g/mol. The quantitative estimate of drug-likeness (QED) is 0.813. The van der Waals surface area contributed by atoms with Crippen molar-refractivity contribution in [2.75, 3.05) is 0 Å². The van der Waals surface area contributed by atoms with Crippen molar-refractivity contribution in [3.8, 4) is 0 Å². The number of Topliss-reactive ketones (excluding diaryl/α,β-unsaturated/α-hetero) is 1. The first-order valence-corrected chi connectivity index (χ1v) is 6.85. The number of ketones is 1. The summed E-state index contributed by atoms with van der Waals surface area (Å²) in [6.45, 7) is 3.96. The molecule has 0 atom stereocenters. The average Bonchev–Trinajstić information content (AvgIpc) is 2.38. The number of hydrogen-bond donors (Lipinski definition) is 0. The van der Waals surface area contributed by atoms with Gasteiger partial charge in [0.25, 0.3) is 0 Å². The van der Waals surface area contributed by atoms with Crippen LogP contribution in [0, 0.1) is 19.7 Å². The Morgan fingerprint density at radius 3 is 2.50 bits per heavy atom. The summed E-state index contributed by atoms with van der Waals surface area (Å²) in [5, 5.41) is 0.445. The normalized spacial score (nSPS) is 10.6. The molecule has 0 N–H and O–H groups in total. The van der Waals surface area contributed by atoms with Crippen LogP contribution < -0.4 is 0 Å². The molecule has 0 fully saturated rings. The van der Waals surface area contributed by atoms with Crippen LogP contribution in [-0.4, -0.2) is 5.78 Å². The van der Waals surface area contributed by atoms with Gasteiger partial charge in [-0.25, -0.2) is 4.39 Å². The number of aryl methyl sites for hydroxylation is 2. The van der Waals surface area contributed by atoms with E-state index in [2.05, 4.69) is 0 Å². The Labute approximate surface area is 123 Å². The van der Waals surface area contributed by atoms with E-state index >= 15 is 0 Å². The molecule has 2 rings (SSSR count). The fourth-order valence-corrected chi connectivity index (χ4v) is 2.35. The number of rotatable bonds is 4. The van der Waals surface area contributed by atoms with Gasteiger partial charge in [0.05, 0.1) is 0 Å². The Morgan fingerprint density at radius 1 is 1.05 bits per heavy atom. The lowest BCUT2D eigenvalue weighted by Crippen LogP contribution is -2.09. The van der Waals surface area contributed by atoms with Crippen LogP contribution in [0.15, 0.2) is 36.4 Å². The molecule has 0 heterocycles. The van der Waals surface area contributed by atoms with E-state index in [1.165, 1.54) is 18.2 Å².